The molecule has 3 rings (SSSR count). The number of pyridine rings is 1. The third-order valence-electron chi connectivity index (χ3n) is 4.07. The summed E-state index contributed by atoms with van der Waals surface area (Å²) in [6, 6.07) is 7.27. The molecule has 2 amide bonds. The molecule has 10 heteroatoms. The van der Waals surface area contributed by atoms with Crippen LogP contribution in [-0.4, -0.2) is 29.4 Å². The van der Waals surface area contributed by atoms with Crippen molar-refractivity contribution in [2.45, 2.75) is 25.6 Å². The van der Waals surface area contributed by atoms with Crippen LogP contribution in [0.3, 0.4) is 0 Å². The average molecular weight is 394 g/mol. The Morgan fingerprint density at radius 2 is 2.07 bits per heavy atom. The van der Waals surface area contributed by atoms with E-state index in [4.69, 9.17) is 10.5 Å². The van der Waals surface area contributed by atoms with Crippen molar-refractivity contribution >= 4 is 29.1 Å². The molecule has 1 atom stereocenters. The number of halogens is 3. The molecule has 1 unspecified atom stereocenters. The zero-order chi connectivity index (χ0) is 20.5. The van der Waals surface area contributed by atoms with Crippen LogP contribution in [-0.2, 0) is 15.8 Å². The maximum absolute atomic E-state index is 12.8. The number of hydrogen-bond donors (Lipinski definition) is 2. The van der Waals surface area contributed by atoms with E-state index in [0.717, 1.165) is 17.0 Å². The van der Waals surface area contributed by atoms with Crippen molar-refractivity contribution in [1.29, 1.82) is 0 Å². The van der Waals surface area contributed by atoms with Gasteiger partial charge in [0.25, 0.3) is 5.91 Å². The fraction of sp³-hybridized carbons (Fsp3) is 0.278. The number of nitrogens with one attached hydrogen (secondary N) is 1. The number of benzene rings is 1. The average Bonchev–Trinajstić information content (AvgIpc) is 2.63. The molecule has 3 N–H and O–H groups in total. The maximum Gasteiger partial charge on any atom is 0.416 e. The molecular formula is C18H17F3N4O3. The van der Waals surface area contributed by atoms with E-state index in [-0.39, 0.29) is 17.3 Å². The van der Waals surface area contributed by atoms with Crippen LogP contribution in [0.15, 0.2) is 36.4 Å². The minimum Gasteiger partial charge on any atom is -0.477 e. The molecule has 0 saturated carbocycles. The van der Waals surface area contributed by atoms with Crippen molar-refractivity contribution < 1.29 is 27.5 Å². The van der Waals surface area contributed by atoms with Gasteiger partial charge in [-0.25, -0.2) is 4.98 Å². The number of hydrogen-bond acceptors (Lipinski definition) is 5. The lowest BCUT2D eigenvalue weighted by Crippen LogP contribution is -2.49. The summed E-state index contributed by atoms with van der Waals surface area (Å²) in [5.74, 6) is -0.637. The van der Waals surface area contributed by atoms with Gasteiger partial charge in [-0.05, 0) is 36.8 Å². The predicted molar refractivity (Wildman–Crippen MR) is 95.8 cm³/mol. The summed E-state index contributed by atoms with van der Waals surface area (Å²) < 4.78 is 44.0. The molecule has 0 aliphatic carbocycles. The van der Waals surface area contributed by atoms with Crippen LogP contribution in [0.1, 0.15) is 18.9 Å². The molecule has 7 nitrogen and oxygen atoms in total. The number of nitrogens with zero attached hydrogens (tertiary/aromatic N) is 2. The highest BCUT2D eigenvalue weighted by molar-refractivity contribution is 6.05. The Labute approximate surface area is 158 Å². The molecule has 1 aliphatic heterocycles. The van der Waals surface area contributed by atoms with E-state index in [1.54, 1.807) is 13.0 Å². The van der Waals surface area contributed by atoms with Gasteiger partial charge >= 0.3 is 6.18 Å². The second-order valence-corrected chi connectivity index (χ2v) is 6.12. The summed E-state index contributed by atoms with van der Waals surface area (Å²) in [5, 5.41) is 2.37. The van der Waals surface area contributed by atoms with E-state index >= 15 is 0 Å². The topological polar surface area (TPSA) is 97.6 Å². The van der Waals surface area contributed by atoms with Crippen molar-refractivity contribution in [2.24, 2.45) is 0 Å². The van der Waals surface area contributed by atoms with E-state index in [9.17, 15) is 22.8 Å². The Kier molecular flexibility index (Phi) is 5.12. The highest BCUT2D eigenvalue weighted by Gasteiger charge is 2.36. The molecular weight excluding hydrogens is 377 g/mol. The minimum absolute atomic E-state index is 0.0340. The van der Waals surface area contributed by atoms with Crippen molar-refractivity contribution in [3.63, 3.8) is 0 Å². The number of nitrogen functional groups attached to an aromatic ring is 1. The molecule has 28 heavy (non-hydrogen) atoms. The lowest BCUT2D eigenvalue weighted by atomic mass is 10.1. The fourth-order valence-corrected chi connectivity index (χ4v) is 2.75. The molecule has 2 aromatic rings. The smallest absolute Gasteiger partial charge is 0.416 e. The Morgan fingerprint density at radius 3 is 2.75 bits per heavy atom. The lowest BCUT2D eigenvalue weighted by molar-refractivity contribution is -0.137. The van der Waals surface area contributed by atoms with Gasteiger partial charge in [-0.2, -0.15) is 13.2 Å². The number of fused-ring (bicyclic) bond motifs is 1. The largest absolute Gasteiger partial charge is 0.477 e. The summed E-state index contributed by atoms with van der Waals surface area (Å²) in [5.41, 5.74) is 4.73. The lowest BCUT2D eigenvalue weighted by Gasteiger charge is -2.32. The Balaban J connectivity index is 1.81. The standard InChI is InChI=1S/C18H17F3N4O3/c1-2-12-17(27)25(16-13(28-12)6-7-14(22)24-16)9-15(26)23-11-5-3-4-10(8-11)18(19,20)21/h3-8,12H,2,9H2,1H3,(H2,22,24)(H,23,26). The van der Waals surface area contributed by atoms with Gasteiger partial charge in [-0.1, -0.05) is 13.0 Å². The Bertz CT molecular complexity index is 917. The second-order valence-electron chi connectivity index (χ2n) is 6.12. The molecule has 0 saturated heterocycles. The van der Waals surface area contributed by atoms with Gasteiger partial charge in [0.1, 0.15) is 12.4 Å². The zero-order valence-corrected chi connectivity index (χ0v) is 14.8. The SMILES string of the molecule is CCC1Oc2ccc(N)nc2N(CC(=O)Nc2cccc(C(F)(F)F)c2)C1=O. The van der Waals surface area contributed by atoms with E-state index in [1.807, 2.05) is 0 Å². The number of anilines is 3. The van der Waals surface area contributed by atoms with Gasteiger partial charge < -0.3 is 15.8 Å². The summed E-state index contributed by atoms with van der Waals surface area (Å²) >= 11 is 0. The number of amides is 2. The van der Waals surface area contributed by atoms with Crippen LogP contribution in [0.25, 0.3) is 0 Å². The molecule has 2 heterocycles. The zero-order valence-electron chi connectivity index (χ0n) is 14.8. The number of rotatable bonds is 4. The van der Waals surface area contributed by atoms with Crippen molar-refractivity contribution in [1.82, 2.24) is 4.98 Å². The molecule has 1 aromatic heterocycles. The minimum atomic E-state index is -4.53. The van der Waals surface area contributed by atoms with Crippen molar-refractivity contribution in [3.05, 3.63) is 42.0 Å². The number of nitrogens with two attached hydrogens (primary N) is 1. The van der Waals surface area contributed by atoms with Gasteiger partial charge in [-0.3, -0.25) is 14.5 Å². The van der Waals surface area contributed by atoms with Crippen LogP contribution >= 0.6 is 0 Å². The molecule has 148 valence electrons. The van der Waals surface area contributed by atoms with Gasteiger partial charge in [0.15, 0.2) is 17.7 Å². The number of aromatic nitrogens is 1. The highest BCUT2D eigenvalue weighted by Crippen LogP contribution is 2.34. The summed E-state index contributed by atoms with van der Waals surface area (Å²) in [6.45, 7) is 1.30. The van der Waals surface area contributed by atoms with Gasteiger partial charge in [-0.15, -0.1) is 0 Å². The molecule has 1 aromatic carbocycles. The monoisotopic (exact) mass is 394 g/mol. The Hall–Kier alpha value is -3.30. The van der Waals surface area contributed by atoms with Gasteiger partial charge in [0.05, 0.1) is 5.56 Å². The van der Waals surface area contributed by atoms with Crippen molar-refractivity contribution in [2.75, 3.05) is 22.5 Å². The molecule has 0 fully saturated rings. The van der Waals surface area contributed by atoms with Gasteiger partial charge in [0, 0.05) is 5.69 Å². The van der Waals surface area contributed by atoms with Crippen LogP contribution < -0.4 is 20.7 Å². The van der Waals surface area contributed by atoms with Crippen LogP contribution in [0, 0.1) is 0 Å². The normalized spacial score (nSPS) is 16.4. The first-order chi connectivity index (χ1) is 13.2. The molecule has 0 bridgehead atoms. The fourth-order valence-electron chi connectivity index (χ4n) is 2.75. The van der Waals surface area contributed by atoms with E-state index in [2.05, 4.69) is 10.3 Å². The first-order valence-corrected chi connectivity index (χ1v) is 8.40. The maximum atomic E-state index is 12.8. The van der Waals surface area contributed by atoms with Crippen LogP contribution in [0.2, 0.25) is 0 Å². The molecule has 0 spiro atoms. The molecule has 0 radical (unpaired) electrons. The number of carbonyl (C=O) groups excluding carboxylic acids is 2. The van der Waals surface area contributed by atoms with Gasteiger partial charge in [0.2, 0.25) is 5.91 Å². The predicted octanol–water partition coefficient (Wildman–Crippen LogP) is 2.83. The summed E-state index contributed by atoms with van der Waals surface area (Å²) in [4.78, 5) is 30.2. The number of alkyl halides is 3. The third kappa shape index (κ3) is 4.00. The summed E-state index contributed by atoms with van der Waals surface area (Å²) in [7, 11) is 0. The second kappa shape index (κ2) is 7.37. The first-order valence-electron chi connectivity index (χ1n) is 8.40. The Morgan fingerprint density at radius 1 is 1.32 bits per heavy atom. The highest BCUT2D eigenvalue weighted by atomic mass is 19.4. The quantitative estimate of drug-likeness (QED) is 0.831. The van der Waals surface area contributed by atoms with Crippen LogP contribution in [0.4, 0.5) is 30.5 Å². The van der Waals surface area contributed by atoms with Crippen molar-refractivity contribution in [3.8, 4) is 5.75 Å². The third-order valence-corrected chi connectivity index (χ3v) is 4.07. The first kappa shape index (κ1) is 19.5. The van der Waals surface area contributed by atoms with E-state index < -0.39 is 36.2 Å². The van der Waals surface area contributed by atoms with E-state index in [0.29, 0.717) is 12.2 Å². The summed E-state index contributed by atoms with van der Waals surface area (Å²) in [6.07, 6.45) is -4.95. The number of ether oxygens (including phenoxy) is 1. The van der Waals surface area contributed by atoms with Crippen LogP contribution in [0.5, 0.6) is 5.75 Å². The molecule has 1 aliphatic rings. The number of carbonyl (C=O) groups is 2. The van der Waals surface area contributed by atoms with E-state index in [1.165, 1.54) is 18.2 Å².